The van der Waals surface area contributed by atoms with Gasteiger partial charge in [-0.2, -0.15) is 0 Å². The molecule has 0 spiro atoms. The molecule has 8 nitrogen and oxygen atoms in total. The fourth-order valence-corrected chi connectivity index (χ4v) is 4.54. The number of amidine groups is 1. The molecular formula is C25H26N6O2. The molecule has 1 aromatic carbocycles. The van der Waals surface area contributed by atoms with Crippen LogP contribution in [-0.2, 0) is 13.0 Å². The van der Waals surface area contributed by atoms with Crippen molar-refractivity contribution in [2.75, 3.05) is 6.54 Å². The van der Waals surface area contributed by atoms with Crippen molar-refractivity contribution in [2.45, 2.75) is 45.7 Å². The zero-order chi connectivity index (χ0) is 22.6. The monoisotopic (exact) mass is 442 g/mol. The van der Waals surface area contributed by atoms with Crippen molar-refractivity contribution in [3.05, 3.63) is 59.7 Å². The zero-order valence-electron chi connectivity index (χ0n) is 18.8. The molecule has 1 amide bonds. The third-order valence-corrected chi connectivity index (χ3v) is 6.96. The van der Waals surface area contributed by atoms with Crippen LogP contribution in [0, 0.1) is 5.41 Å². The fourth-order valence-electron chi connectivity index (χ4n) is 4.54. The SMILES string of the molecule is CC1Cc2c(ncnc2Oc2ccc3c(ccn3C(=O)NC3=NCC(C4(C)CC4)=C3)c2)CN1. The highest BCUT2D eigenvalue weighted by molar-refractivity contribution is 6.07. The number of nitrogens with one attached hydrogen (secondary N) is 2. The first-order chi connectivity index (χ1) is 16.0. The average Bonchev–Trinajstić information content (AvgIpc) is 3.20. The van der Waals surface area contributed by atoms with Crippen LogP contribution in [0.15, 0.2) is 53.4 Å². The number of carbonyl (C=O) groups excluding carboxylic acids is 1. The molecule has 0 saturated heterocycles. The first-order valence-corrected chi connectivity index (χ1v) is 11.4. The quantitative estimate of drug-likeness (QED) is 0.641. The summed E-state index contributed by atoms with van der Waals surface area (Å²) >= 11 is 0. The second-order valence-electron chi connectivity index (χ2n) is 9.46. The van der Waals surface area contributed by atoms with Crippen LogP contribution in [0.1, 0.15) is 37.9 Å². The summed E-state index contributed by atoms with van der Waals surface area (Å²) in [7, 11) is 0. The van der Waals surface area contributed by atoms with E-state index in [9.17, 15) is 4.79 Å². The van der Waals surface area contributed by atoms with Gasteiger partial charge in [0.2, 0.25) is 5.88 Å². The highest BCUT2D eigenvalue weighted by Gasteiger charge is 2.41. The minimum atomic E-state index is -0.220. The largest absolute Gasteiger partial charge is 0.439 e. The number of hydrogen-bond acceptors (Lipinski definition) is 6. The number of nitrogens with zero attached hydrogens (tertiary/aromatic N) is 4. The molecule has 1 fully saturated rings. The Bertz CT molecular complexity index is 1330. The van der Waals surface area contributed by atoms with Crippen LogP contribution >= 0.6 is 0 Å². The van der Waals surface area contributed by atoms with E-state index in [1.54, 1.807) is 17.1 Å². The van der Waals surface area contributed by atoms with Crippen molar-refractivity contribution in [3.63, 3.8) is 0 Å². The van der Waals surface area contributed by atoms with Gasteiger partial charge in [0.15, 0.2) is 0 Å². The molecule has 1 atom stereocenters. The minimum absolute atomic E-state index is 0.220. The maximum atomic E-state index is 12.9. The van der Waals surface area contributed by atoms with Crippen LogP contribution in [0.3, 0.4) is 0 Å². The van der Waals surface area contributed by atoms with Crippen molar-refractivity contribution in [2.24, 2.45) is 10.4 Å². The molecule has 33 heavy (non-hydrogen) atoms. The molecule has 3 aliphatic rings. The topological polar surface area (TPSA) is 93.4 Å². The van der Waals surface area contributed by atoms with E-state index in [-0.39, 0.29) is 11.4 Å². The number of hydrogen-bond donors (Lipinski definition) is 2. The van der Waals surface area contributed by atoms with Crippen LogP contribution in [0.2, 0.25) is 0 Å². The number of carbonyl (C=O) groups is 1. The van der Waals surface area contributed by atoms with Gasteiger partial charge in [-0.05, 0) is 67.5 Å². The Labute approximate surface area is 191 Å². The molecular weight excluding hydrogens is 416 g/mol. The van der Waals surface area contributed by atoms with Crippen LogP contribution in [0.25, 0.3) is 10.9 Å². The number of aliphatic imine (C=N–C) groups is 1. The lowest BCUT2D eigenvalue weighted by atomic mass is 9.99. The van der Waals surface area contributed by atoms with Gasteiger partial charge in [-0.15, -0.1) is 0 Å². The van der Waals surface area contributed by atoms with E-state index < -0.39 is 0 Å². The van der Waals surface area contributed by atoms with Gasteiger partial charge in [0.25, 0.3) is 0 Å². The summed E-state index contributed by atoms with van der Waals surface area (Å²) in [6.45, 7) is 5.79. The molecule has 1 unspecified atom stereocenters. The summed E-state index contributed by atoms with van der Waals surface area (Å²) in [4.78, 5) is 26.1. The van der Waals surface area contributed by atoms with E-state index in [2.05, 4.69) is 39.4 Å². The number of ether oxygens (including phenoxy) is 1. The van der Waals surface area contributed by atoms with Gasteiger partial charge >= 0.3 is 6.03 Å². The number of benzene rings is 1. The first kappa shape index (κ1) is 20.1. The normalized spacial score (nSPS) is 20.7. The van der Waals surface area contributed by atoms with E-state index in [0.29, 0.717) is 36.6 Å². The Hall–Kier alpha value is -3.52. The van der Waals surface area contributed by atoms with Crippen molar-refractivity contribution in [1.29, 1.82) is 0 Å². The van der Waals surface area contributed by atoms with Gasteiger partial charge < -0.3 is 10.1 Å². The number of amides is 1. The molecule has 2 aliphatic heterocycles. The maximum absolute atomic E-state index is 12.9. The van der Waals surface area contributed by atoms with Crippen molar-refractivity contribution < 1.29 is 9.53 Å². The van der Waals surface area contributed by atoms with Crippen molar-refractivity contribution >= 4 is 22.8 Å². The third-order valence-electron chi connectivity index (χ3n) is 6.96. The van der Waals surface area contributed by atoms with Gasteiger partial charge in [0, 0.05) is 29.7 Å². The molecule has 0 radical (unpaired) electrons. The molecule has 8 heteroatoms. The lowest BCUT2D eigenvalue weighted by Crippen LogP contribution is -2.33. The molecule has 2 aromatic heterocycles. The molecule has 4 heterocycles. The molecule has 168 valence electrons. The van der Waals surface area contributed by atoms with E-state index in [4.69, 9.17) is 4.74 Å². The number of fused-ring (bicyclic) bond motifs is 2. The summed E-state index contributed by atoms with van der Waals surface area (Å²) in [5.41, 5.74) is 4.42. The smallest absolute Gasteiger partial charge is 0.331 e. The highest BCUT2D eigenvalue weighted by atomic mass is 16.5. The minimum Gasteiger partial charge on any atom is -0.439 e. The standard InChI is InChI=1S/C25H26N6O2/c1-15-9-19-20(13-26-15)28-14-29-23(19)33-18-3-4-21-16(10-18)5-8-31(21)24(32)30-22-11-17(12-27-22)25(2)6-7-25/h3-5,8,10-11,14-15,26H,6-7,9,12-13H2,1-2H3,(H,27,30,32). The Morgan fingerprint density at radius 2 is 2.15 bits per heavy atom. The van der Waals surface area contributed by atoms with Crippen molar-refractivity contribution in [1.82, 2.24) is 25.2 Å². The second kappa shape index (κ2) is 7.52. The average molecular weight is 443 g/mol. The lowest BCUT2D eigenvalue weighted by molar-refractivity contribution is 0.247. The van der Waals surface area contributed by atoms with Crippen LogP contribution in [-0.4, -0.2) is 39.0 Å². The molecule has 1 aliphatic carbocycles. The van der Waals surface area contributed by atoms with E-state index >= 15 is 0 Å². The number of rotatable bonds is 3. The molecule has 3 aromatic rings. The predicted molar refractivity (Wildman–Crippen MR) is 126 cm³/mol. The summed E-state index contributed by atoms with van der Waals surface area (Å²) in [5.74, 6) is 1.91. The first-order valence-electron chi connectivity index (χ1n) is 11.4. The van der Waals surface area contributed by atoms with Gasteiger partial charge in [0.1, 0.15) is 17.9 Å². The van der Waals surface area contributed by atoms with Gasteiger partial charge in [-0.1, -0.05) is 6.92 Å². The Kier molecular flexibility index (Phi) is 4.58. The zero-order valence-corrected chi connectivity index (χ0v) is 18.8. The Morgan fingerprint density at radius 3 is 3.00 bits per heavy atom. The van der Waals surface area contributed by atoms with Gasteiger partial charge in [-0.25, -0.2) is 14.8 Å². The summed E-state index contributed by atoms with van der Waals surface area (Å²) in [6, 6.07) is 7.73. The van der Waals surface area contributed by atoms with E-state index in [1.165, 1.54) is 18.4 Å². The molecule has 2 N–H and O–H groups in total. The van der Waals surface area contributed by atoms with Crippen LogP contribution in [0.5, 0.6) is 11.6 Å². The summed E-state index contributed by atoms with van der Waals surface area (Å²) < 4.78 is 7.75. The number of aromatic nitrogens is 3. The van der Waals surface area contributed by atoms with E-state index in [0.717, 1.165) is 28.6 Å². The third kappa shape index (κ3) is 3.70. The summed E-state index contributed by atoms with van der Waals surface area (Å²) in [6.07, 6.45) is 8.57. The lowest BCUT2D eigenvalue weighted by Gasteiger charge is -2.23. The van der Waals surface area contributed by atoms with E-state index in [1.807, 2.05) is 30.3 Å². The summed E-state index contributed by atoms with van der Waals surface area (Å²) in [5, 5.41) is 7.26. The van der Waals surface area contributed by atoms with Gasteiger partial charge in [0.05, 0.1) is 17.8 Å². The predicted octanol–water partition coefficient (Wildman–Crippen LogP) is 3.95. The Balaban J connectivity index is 1.21. The molecule has 0 bridgehead atoms. The fraction of sp³-hybridized carbons (Fsp3) is 0.360. The van der Waals surface area contributed by atoms with Crippen LogP contribution in [0.4, 0.5) is 4.79 Å². The maximum Gasteiger partial charge on any atom is 0.331 e. The molecule has 6 rings (SSSR count). The second-order valence-corrected chi connectivity index (χ2v) is 9.46. The highest BCUT2D eigenvalue weighted by Crippen LogP contribution is 2.52. The van der Waals surface area contributed by atoms with Gasteiger partial charge in [-0.3, -0.25) is 14.9 Å². The Morgan fingerprint density at radius 1 is 1.27 bits per heavy atom. The van der Waals surface area contributed by atoms with Crippen LogP contribution < -0.4 is 15.4 Å². The van der Waals surface area contributed by atoms with Crippen molar-refractivity contribution in [3.8, 4) is 11.6 Å². The molecule has 1 saturated carbocycles.